The number of hydrogen-bond acceptors (Lipinski definition) is 2. The van der Waals surface area contributed by atoms with Crippen molar-refractivity contribution in [1.82, 2.24) is 5.32 Å². The zero-order valence-corrected chi connectivity index (χ0v) is 13.8. The lowest BCUT2D eigenvalue weighted by Gasteiger charge is -2.27. The molecule has 1 aliphatic carbocycles. The average molecular weight is 326 g/mol. The average Bonchev–Trinajstić information content (AvgIpc) is 2.59. The second kappa shape index (κ2) is 7.55. The van der Waals surface area contributed by atoms with Gasteiger partial charge >= 0.3 is 0 Å². The Kier molecular flexibility index (Phi) is 5.23. The molecule has 0 bridgehead atoms. The fraction of sp³-hybridized carbons (Fsp3) is 0.300. The molecule has 3 rings (SSSR count). The molecule has 1 atom stereocenters. The van der Waals surface area contributed by atoms with Crippen LogP contribution in [0.5, 0.6) is 5.75 Å². The van der Waals surface area contributed by atoms with Crippen molar-refractivity contribution in [3.8, 4) is 18.1 Å². The molecular formula is C20H20ClNO. The summed E-state index contributed by atoms with van der Waals surface area (Å²) in [6.45, 7) is 1.15. The van der Waals surface area contributed by atoms with Crippen molar-refractivity contribution in [2.24, 2.45) is 0 Å². The normalized spacial score (nSPS) is 16.4. The van der Waals surface area contributed by atoms with Gasteiger partial charge in [0.2, 0.25) is 0 Å². The van der Waals surface area contributed by atoms with Crippen molar-refractivity contribution in [2.75, 3.05) is 6.54 Å². The molecule has 0 radical (unpaired) electrons. The molecule has 1 unspecified atom stereocenters. The Hall–Kier alpha value is -1.95. The lowest BCUT2D eigenvalue weighted by Crippen LogP contribution is -2.25. The van der Waals surface area contributed by atoms with E-state index in [9.17, 15) is 0 Å². The Balaban J connectivity index is 1.75. The number of rotatable bonds is 5. The Morgan fingerprint density at radius 1 is 1.22 bits per heavy atom. The number of hydrogen-bond donors (Lipinski definition) is 1. The summed E-state index contributed by atoms with van der Waals surface area (Å²) in [4.78, 5) is 0. The van der Waals surface area contributed by atoms with Gasteiger partial charge in [-0.25, -0.2) is 0 Å². The zero-order chi connectivity index (χ0) is 16.1. The maximum Gasteiger partial charge on any atom is 0.123 e. The van der Waals surface area contributed by atoms with Crippen molar-refractivity contribution in [2.45, 2.75) is 31.9 Å². The third-order valence-electron chi connectivity index (χ3n) is 4.22. The van der Waals surface area contributed by atoms with Gasteiger partial charge in [0, 0.05) is 11.1 Å². The maximum absolute atomic E-state index is 6.07. The van der Waals surface area contributed by atoms with E-state index in [1.54, 1.807) is 0 Å². The molecule has 2 aromatic rings. The highest BCUT2D eigenvalue weighted by atomic mass is 35.5. The van der Waals surface area contributed by atoms with Crippen LogP contribution in [0.25, 0.3) is 0 Å². The SMILES string of the molecule is C#CCNC1CCCc2c(OCc3ccc(Cl)cc3)cccc21. The third kappa shape index (κ3) is 3.88. The highest BCUT2D eigenvalue weighted by Gasteiger charge is 2.22. The van der Waals surface area contributed by atoms with Crippen LogP contribution in [-0.2, 0) is 13.0 Å². The number of halogens is 1. The molecule has 0 saturated heterocycles. The van der Waals surface area contributed by atoms with E-state index in [1.165, 1.54) is 11.1 Å². The predicted octanol–water partition coefficient (Wildman–Crippen LogP) is 4.52. The van der Waals surface area contributed by atoms with Crippen LogP contribution in [0.1, 0.15) is 35.6 Å². The fourth-order valence-electron chi connectivity index (χ4n) is 3.09. The molecule has 0 heterocycles. The first kappa shape index (κ1) is 15.9. The van der Waals surface area contributed by atoms with Crippen LogP contribution in [-0.4, -0.2) is 6.54 Å². The molecule has 2 nitrogen and oxygen atoms in total. The molecule has 23 heavy (non-hydrogen) atoms. The number of ether oxygens (including phenoxy) is 1. The van der Waals surface area contributed by atoms with Crippen LogP contribution in [0.15, 0.2) is 42.5 Å². The highest BCUT2D eigenvalue weighted by molar-refractivity contribution is 6.30. The highest BCUT2D eigenvalue weighted by Crippen LogP contribution is 2.35. The molecule has 0 spiro atoms. The smallest absolute Gasteiger partial charge is 0.123 e. The lowest BCUT2D eigenvalue weighted by molar-refractivity contribution is 0.299. The number of benzene rings is 2. The molecule has 0 saturated carbocycles. The Morgan fingerprint density at radius 2 is 2.04 bits per heavy atom. The third-order valence-corrected chi connectivity index (χ3v) is 4.47. The van der Waals surface area contributed by atoms with E-state index in [-0.39, 0.29) is 0 Å². The number of terminal acetylenes is 1. The van der Waals surface area contributed by atoms with Crippen molar-refractivity contribution in [3.05, 3.63) is 64.2 Å². The number of nitrogens with one attached hydrogen (secondary N) is 1. The summed E-state index contributed by atoms with van der Waals surface area (Å²) in [6, 6.07) is 14.4. The van der Waals surface area contributed by atoms with Gasteiger partial charge in [-0.2, -0.15) is 0 Å². The van der Waals surface area contributed by atoms with Gasteiger partial charge in [-0.15, -0.1) is 6.42 Å². The Bertz CT molecular complexity index is 703. The van der Waals surface area contributed by atoms with Crippen molar-refractivity contribution in [3.63, 3.8) is 0 Å². The summed E-state index contributed by atoms with van der Waals surface area (Å²) in [5.41, 5.74) is 3.74. The second-order valence-electron chi connectivity index (χ2n) is 5.77. The maximum atomic E-state index is 6.07. The van der Waals surface area contributed by atoms with Crippen LogP contribution in [0.2, 0.25) is 5.02 Å². The van der Waals surface area contributed by atoms with Crippen LogP contribution < -0.4 is 10.1 Å². The molecule has 0 aromatic heterocycles. The zero-order valence-electron chi connectivity index (χ0n) is 13.0. The monoisotopic (exact) mass is 325 g/mol. The first-order valence-electron chi connectivity index (χ1n) is 7.94. The topological polar surface area (TPSA) is 21.3 Å². The molecule has 0 amide bonds. The molecule has 1 N–H and O–H groups in total. The Morgan fingerprint density at radius 3 is 2.83 bits per heavy atom. The fourth-order valence-corrected chi connectivity index (χ4v) is 3.21. The summed E-state index contributed by atoms with van der Waals surface area (Å²) < 4.78 is 6.07. The molecule has 0 aliphatic heterocycles. The molecule has 2 aromatic carbocycles. The minimum atomic E-state index is 0.328. The molecule has 1 aliphatic rings. The van der Waals surface area contributed by atoms with Gasteiger partial charge in [-0.1, -0.05) is 41.8 Å². The first-order chi connectivity index (χ1) is 11.3. The van der Waals surface area contributed by atoms with Crippen LogP contribution >= 0.6 is 11.6 Å². The molecule has 3 heteroatoms. The van der Waals surface area contributed by atoms with Crippen LogP contribution in [0.3, 0.4) is 0 Å². The van der Waals surface area contributed by atoms with Crippen molar-refractivity contribution in [1.29, 1.82) is 0 Å². The minimum Gasteiger partial charge on any atom is -0.489 e. The summed E-state index contributed by atoms with van der Waals surface area (Å²) in [5.74, 6) is 3.64. The van der Waals surface area contributed by atoms with Gasteiger partial charge in [0.05, 0.1) is 6.54 Å². The molecule has 118 valence electrons. The van der Waals surface area contributed by atoms with Crippen LogP contribution in [0, 0.1) is 12.3 Å². The quantitative estimate of drug-likeness (QED) is 0.816. The standard InChI is InChI=1S/C20H20ClNO/c1-2-13-22-19-7-3-6-18-17(19)5-4-8-20(18)23-14-15-9-11-16(21)12-10-15/h1,4-5,8-12,19,22H,3,6-7,13-14H2. The second-order valence-corrected chi connectivity index (χ2v) is 6.21. The van der Waals surface area contributed by atoms with E-state index < -0.39 is 0 Å². The lowest BCUT2D eigenvalue weighted by atomic mass is 9.87. The summed E-state index contributed by atoms with van der Waals surface area (Å²) >= 11 is 5.92. The van der Waals surface area contributed by atoms with E-state index in [4.69, 9.17) is 22.8 Å². The van der Waals surface area contributed by atoms with E-state index in [1.807, 2.05) is 24.3 Å². The predicted molar refractivity (Wildman–Crippen MR) is 94.7 cm³/mol. The molecule has 0 fully saturated rings. The molecular weight excluding hydrogens is 306 g/mol. The summed E-state index contributed by atoms with van der Waals surface area (Å²) in [6.07, 6.45) is 8.70. The van der Waals surface area contributed by atoms with Crippen LogP contribution in [0.4, 0.5) is 0 Å². The number of fused-ring (bicyclic) bond motifs is 1. The van der Waals surface area contributed by atoms with E-state index >= 15 is 0 Å². The largest absolute Gasteiger partial charge is 0.489 e. The van der Waals surface area contributed by atoms with E-state index in [0.717, 1.165) is 35.6 Å². The van der Waals surface area contributed by atoms with Gasteiger partial charge in [-0.3, -0.25) is 5.32 Å². The van der Waals surface area contributed by atoms with E-state index in [2.05, 4.69) is 29.4 Å². The van der Waals surface area contributed by atoms with Gasteiger partial charge in [-0.05, 0) is 54.2 Å². The van der Waals surface area contributed by atoms with E-state index in [0.29, 0.717) is 19.2 Å². The first-order valence-corrected chi connectivity index (χ1v) is 8.31. The van der Waals surface area contributed by atoms with Gasteiger partial charge in [0.25, 0.3) is 0 Å². The van der Waals surface area contributed by atoms with Gasteiger partial charge in [0.1, 0.15) is 12.4 Å². The Labute approximate surface area is 142 Å². The van der Waals surface area contributed by atoms with Crippen molar-refractivity contribution < 1.29 is 4.74 Å². The van der Waals surface area contributed by atoms with Gasteiger partial charge < -0.3 is 4.74 Å². The summed E-state index contributed by atoms with van der Waals surface area (Å²) in [5, 5.41) is 4.17. The van der Waals surface area contributed by atoms with Gasteiger partial charge in [0.15, 0.2) is 0 Å². The summed E-state index contributed by atoms with van der Waals surface area (Å²) in [7, 11) is 0. The minimum absolute atomic E-state index is 0.328. The van der Waals surface area contributed by atoms with Crippen molar-refractivity contribution >= 4 is 11.6 Å².